The number of ether oxygens (including phenoxy) is 1. The van der Waals surface area contributed by atoms with E-state index >= 15 is 0 Å². The summed E-state index contributed by atoms with van der Waals surface area (Å²) in [6.07, 6.45) is 1.19. The lowest BCUT2D eigenvalue weighted by Gasteiger charge is -2.14. The molecule has 0 fully saturated rings. The van der Waals surface area contributed by atoms with Crippen LogP contribution in [-0.4, -0.2) is 40.0 Å². The van der Waals surface area contributed by atoms with E-state index in [0.717, 1.165) is 12.1 Å². The Balaban J connectivity index is 2.28. The first-order chi connectivity index (χ1) is 11.0. The second-order valence-electron chi connectivity index (χ2n) is 5.04. The van der Waals surface area contributed by atoms with Crippen molar-refractivity contribution in [2.75, 3.05) is 13.7 Å². The number of aromatic nitrogens is 2. The molecule has 23 heavy (non-hydrogen) atoms. The van der Waals surface area contributed by atoms with Gasteiger partial charge < -0.3 is 9.64 Å². The molecule has 1 aromatic carbocycles. The highest BCUT2D eigenvalue weighted by Crippen LogP contribution is 2.29. The lowest BCUT2D eigenvalue weighted by molar-refractivity contribution is 0.0515. The van der Waals surface area contributed by atoms with Crippen molar-refractivity contribution >= 4 is 11.9 Å². The third-order valence-electron chi connectivity index (χ3n) is 3.60. The highest BCUT2D eigenvalue weighted by Gasteiger charge is 2.32. The van der Waals surface area contributed by atoms with Crippen molar-refractivity contribution < 1.29 is 23.1 Å². The molecule has 2 heterocycles. The fraction of sp³-hybridized carbons (Fsp3) is 0.267. The van der Waals surface area contributed by atoms with Crippen LogP contribution in [0.2, 0.25) is 0 Å². The standard InChI is InChI=1S/C15H13F2N3O3/c1-3-23-15(22)12-10-6-19(2)14(21)11-8(16)4-5-9(17)13(11)20(10)7-18-12/h4-5,7H,3,6H2,1-2H3. The van der Waals surface area contributed by atoms with Gasteiger partial charge in [0.25, 0.3) is 5.91 Å². The first-order valence-electron chi connectivity index (χ1n) is 6.92. The van der Waals surface area contributed by atoms with Gasteiger partial charge in [-0.15, -0.1) is 0 Å². The number of hydrogen-bond donors (Lipinski definition) is 0. The summed E-state index contributed by atoms with van der Waals surface area (Å²) in [5, 5.41) is 0. The summed E-state index contributed by atoms with van der Waals surface area (Å²) < 4.78 is 34.5. The minimum Gasteiger partial charge on any atom is -0.461 e. The minimum atomic E-state index is -0.836. The summed E-state index contributed by atoms with van der Waals surface area (Å²) in [7, 11) is 1.44. The summed E-state index contributed by atoms with van der Waals surface area (Å²) in [5.41, 5.74) is -0.401. The molecule has 0 bridgehead atoms. The summed E-state index contributed by atoms with van der Waals surface area (Å²) in [5.74, 6) is -2.96. The number of carbonyl (C=O) groups is 2. The smallest absolute Gasteiger partial charge is 0.358 e. The molecule has 3 rings (SSSR count). The Kier molecular flexibility index (Phi) is 3.59. The van der Waals surface area contributed by atoms with Gasteiger partial charge in [-0.2, -0.15) is 0 Å². The molecular weight excluding hydrogens is 308 g/mol. The van der Waals surface area contributed by atoms with Crippen LogP contribution in [0.4, 0.5) is 8.78 Å². The first-order valence-corrected chi connectivity index (χ1v) is 6.92. The number of esters is 1. The van der Waals surface area contributed by atoms with E-state index in [4.69, 9.17) is 4.74 Å². The lowest BCUT2D eigenvalue weighted by atomic mass is 10.1. The van der Waals surface area contributed by atoms with Crippen molar-refractivity contribution in [2.24, 2.45) is 0 Å². The van der Waals surface area contributed by atoms with Gasteiger partial charge in [0, 0.05) is 7.05 Å². The van der Waals surface area contributed by atoms with E-state index in [-0.39, 0.29) is 35.8 Å². The van der Waals surface area contributed by atoms with Crippen LogP contribution in [0.25, 0.3) is 5.69 Å². The number of hydrogen-bond acceptors (Lipinski definition) is 4. The number of fused-ring (bicyclic) bond motifs is 3. The Morgan fingerprint density at radius 1 is 1.35 bits per heavy atom. The van der Waals surface area contributed by atoms with Crippen LogP contribution in [0, 0.1) is 11.6 Å². The zero-order valence-corrected chi connectivity index (χ0v) is 12.5. The third-order valence-corrected chi connectivity index (χ3v) is 3.60. The number of rotatable bonds is 2. The fourth-order valence-corrected chi connectivity index (χ4v) is 2.55. The van der Waals surface area contributed by atoms with Crippen molar-refractivity contribution in [3.05, 3.63) is 47.0 Å². The molecule has 1 aromatic heterocycles. The molecule has 6 nitrogen and oxygen atoms in total. The van der Waals surface area contributed by atoms with Gasteiger partial charge in [0.2, 0.25) is 0 Å². The number of halogens is 2. The maximum Gasteiger partial charge on any atom is 0.358 e. The van der Waals surface area contributed by atoms with Crippen LogP contribution in [0.1, 0.15) is 33.5 Å². The molecule has 1 amide bonds. The van der Waals surface area contributed by atoms with E-state index in [1.165, 1.54) is 22.8 Å². The molecule has 2 aromatic rings. The van der Waals surface area contributed by atoms with Gasteiger partial charge in [0.15, 0.2) is 5.69 Å². The fourth-order valence-electron chi connectivity index (χ4n) is 2.55. The van der Waals surface area contributed by atoms with E-state index in [0.29, 0.717) is 0 Å². The second-order valence-corrected chi connectivity index (χ2v) is 5.04. The highest BCUT2D eigenvalue weighted by atomic mass is 19.1. The quantitative estimate of drug-likeness (QED) is 0.793. The molecule has 0 saturated carbocycles. The molecule has 8 heteroatoms. The zero-order chi connectivity index (χ0) is 16.7. The number of imidazole rings is 1. The molecule has 0 radical (unpaired) electrons. The van der Waals surface area contributed by atoms with Gasteiger partial charge in [0.05, 0.1) is 24.5 Å². The molecule has 0 aliphatic carbocycles. The summed E-state index contributed by atoms with van der Waals surface area (Å²) in [6, 6.07) is 1.83. The van der Waals surface area contributed by atoms with E-state index in [1.54, 1.807) is 6.92 Å². The van der Waals surface area contributed by atoms with Gasteiger partial charge in [-0.25, -0.2) is 18.6 Å². The highest BCUT2D eigenvalue weighted by molar-refractivity contribution is 5.99. The SMILES string of the molecule is CCOC(=O)c1ncn2c1CN(C)C(=O)c1c(F)ccc(F)c1-2. The molecule has 1 aliphatic rings. The molecule has 1 aliphatic heterocycles. The Bertz CT molecular complexity index is 817. The minimum absolute atomic E-state index is 0.0250. The van der Waals surface area contributed by atoms with Gasteiger partial charge in [-0.1, -0.05) is 0 Å². The van der Waals surface area contributed by atoms with Gasteiger partial charge in [-0.05, 0) is 19.1 Å². The number of amides is 1. The van der Waals surface area contributed by atoms with Crippen molar-refractivity contribution in [3.8, 4) is 5.69 Å². The maximum absolute atomic E-state index is 14.3. The van der Waals surface area contributed by atoms with Gasteiger partial charge >= 0.3 is 5.97 Å². The van der Waals surface area contributed by atoms with Crippen LogP contribution in [0.5, 0.6) is 0 Å². The van der Waals surface area contributed by atoms with E-state index in [2.05, 4.69) is 4.98 Å². The largest absolute Gasteiger partial charge is 0.461 e. The van der Waals surface area contributed by atoms with Crippen molar-refractivity contribution in [2.45, 2.75) is 13.5 Å². The van der Waals surface area contributed by atoms with Crippen LogP contribution < -0.4 is 0 Å². The Morgan fingerprint density at radius 3 is 2.74 bits per heavy atom. The lowest BCUT2D eigenvalue weighted by Crippen LogP contribution is -2.26. The molecule has 0 unspecified atom stereocenters. The molecule has 120 valence electrons. The van der Waals surface area contributed by atoms with E-state index < -0.39 is 23.5 Å². The second kappa shape index (κ2) is 5.45. The molecule has 0 atom stereocenters. The summed E-state index contributed by atoms with van der Waals surface area (Å²) in [4.78, 5) is 29.5. The summed E-state index contributed by atoms with van der Waals surface area (Å²) >= 11 is 0. The normalized spacial score (nSPS) is 13.4. The zero-order valence-electron chi connectivity index (χ0n) is 12.5. The van der Waals surface area contributed by atoms with Gasteiger partial charge in [0.1, 0.15) is 23.5 Å². The predicted octanol–water partition coefficient (Wildman–Crippen LogP) is 1.91. The molecule has 0 saturated heterocycles. The van der Waals surface area contributed by atoms with Crippen molar-refractivity contribution in [1.29, 1.82) is 0 Å². The number of carbonyl (C=O) groups excluding carboxylic acids is 2. The van der Waals surface area contributed by atoms with Crippen LogP contribution in [0.3, 0.4) is 0 Å². The van der Waals surface area contributed by atoms with Crippen LogP contribution in [-0.2, 0) is 11.3 Å². The average Bonchev–Trinajstić information content (AvgIpc) is 2.87. The Hall–Kier alpha value is -2.77. The topological polar surface area (TPSA) is 64.4 Å². The van der Waals surface area contributed by atoms with Crippen molar-refractivity contribution in [3.63, 3.8) is 0 Å². The van der Waals surface area contributed by atoms with Crippen LogP contribution in [0.15, 0.2) is 18.5 Å². The Morgan fingerprint density at radius 2 is 2.04 bits per heavy atom. The summed E-state index contributed by atoms with van der Waals surface area (Å²) in [6.45, 7) is 1.77. The first kappa shape index (κ1) is 15.1. The van der Waals surface area contributed by atoms with Crippen molar-refractivity contribution in [1.82, 2.24) is 14.5 Å². The third kappa shape index (κ3) is 2.26. The molecule has 0 spiro atoms. The maximum atomic E-state index is 14.3. The number of nitrogens with zero attached hydrogens (tertiary/aromatic N) is 3. The monoisotopic (exact) mass is 321 g/mol. The van der Waals surface area contributed by atoms with E-state index in [1.807, 2.05) is 0 Å². The average molecular weight is 321 g/mol. The van der Waals surface area contributed by atoms with Crippen LogP contribution >= 0.6 is 0 Å². The Labute approximate surface area is 130 Å². The number of benzene rings is 1. The van der Waals surface area contributed by atoms with E-state index in [9.17, 15) is 18.4 Å². The van der Waals surface area contributed by atoms with Gasteiger partial charge in [-0.3, -0.25) is 9.36 Å². The predicted molar refractivity (Wildman–Crippen MR) is 75.2 cm³/mol. The molecular formula is C15H13F2N3O3. The molecule has 0 N–H and O–H groups in total.